The number of methoxy groups -OCH3 is 1. The maximum atomic E-state index is 13.6. The summed E-state index contributed by atoms with van der Waals surface area (Å²) in [4.78, 5) is 14.2. The monoisotopic (exact) mass is 408 g/mol. The molecule has 152 valence electrons. The van der Waals surface area contributed by atoms with Crippen LogP contribution in [-0.2, 0) is 16.1 Å². The number of amides is 1. The Morgan fingerprint density at radius 2 is 1.89 bits per heavy atom. The number of halogens is 2. The first-order valence-electron chi connectivity index (χ1n) is 9.18. The number of hydrogen-bond donors (Lipinski definition) is 1. The second kappa shape index (κ2) is 12.3. The predicted molar refractivity (Wildman–Crippen MR) is 108 cm³/mol. The fourth-order valence-corrected chi connectivity index (χ4v) is 2.81. The zero-order valence-electron chi connectivity index (χ0n) is 16.0. The molecule has 1 amide bonds. The highest BCUT2D eigenvalue weighted by molar-refractivity contribution is 6.30. The Bertz CT molecular complexity index is 745. The van der Waals surface area contributed by atoms with Crippen LogP contribution >= 0.6 is 11.6 Å². The van der Waals surface area contributed by atoms with Crippen molar-refractivity contribution in [2.24, 2.45) is 0 Å². The minimum atomic E-state index is -0.383. The Labute approximate surface area is 170 Å². The molecule has 28 heavy (non-hydrogen) atoms. The molecule has 0 aromatic heterocycles. The molecule has 5 nitrogen and oxygen atoms in total. The summed E-state index contributed by atoms with van der Waals surface area (Å²) < 4.78 is 24.2. The standard InChI is InChI=1S/C21H26ClFN2O3/c1-27-13-11-25(12-14-28-20-8-3-2-7-19(20)23)10-9-21(26)24-16-17-5-4-6-18(22)15-17/h2-8,15H,9-14,16H2,1H3,(H,24,26). The number of carbonyl (C=O) groups excluding carboxylic acids is 1. The molecule has 0 bridgehead atoms. The summed E-state index contributed by atoms with van der Waals surface area (Å²) in [7, 11) is 1.63. The Morgan fingerprint density at radius 1 is 1.11 bits per heavy atom. The average Bonchev–Trinajstić information content (AvgIpc) is 2.69. The SMILES string of the molecule is COCCN(CCOc1ccccc1F)CCC(=O)NCc1cccc(Cl)c1. The first-order valence-corrected chi connectivity index (χ1v) is 9.56. The molecular formula is C21H26ClFN2O3. The molecule has 2 rings (SSSR count). The van der Waals surface area contributed by atoms with Crippen molar-refractivity contribution in [3.05, 3.63) is 64.9 Å². The van der Waals surface area contributed by atoms with Crippen molar-refractivity contribution in [2.75, 3.05) is 40.0 Å². The van der Waals surface area contributed by atoms with Crippen molar-refractivity contribution in [3.8, 4) is 5.75 Å². The van der Waals surface area contributed by atoms with Gasteiger partial charge in [0, 0.05) is 44.7 Å². The molecular weight excluding hydrogens is 383 g/mol. The molecule has 0 radical (unpaired) electrons. The second-order valence-corrected chi connectivity index (χ2v) is 6.71. The third-order valence-corrected chi connectivity index (χ3v) is 4.38. The van der Waals surface area contributed by atoms with Crippen LogP contribution in [0, 0.1) is 5.82 Å². The van der Waals surface area contributed by atoms with E-state index in [1.54, 1.807) is 31.4 Å². The van der Waals surface area contributed by atoms with E-state index in [0.717, 1.165) is 5.56 Å². The van der Waals surface area contributed by atoms with Gasteiger partial charge in [0.15, 0.2) is 11.6 Å². The molecule has 0 saturated heterocycles. The maximum absolute atomic E-state index is 13.6. The van der Waals surface area contributed by atoms with Gasteiger partial charge in [-0.1, -0.05) is 35.9 Å². The molecule has 0 atom stereocenters. The van der Waals surface area contributed by atoms with Crippen LogP contribution in [0.4, 0.5) is 4.39 Å². The van der Waals surface area contributed by atoms with Crippen LogP contribution in [0.25, 0.3) is 0 Å². The van der Waals surface area contributed by atoms with Crippen molar-refractivity contribution in [3.63, 3.8) is 0 Å². The summed E-state index contributed by atoms with van der Waals surface area (Å²) in [6.07, 6.45) is 0.351. The number of para-hydroxylation sites is 1. The number of nitrogens with zero attached hydrogens (tertiary/aromatic N) is 1. The van der Waals surface area contributed by atoms with E-state index in [0.29, 0.717) is 50.8 Å². The van der Waals surface area contributed by atoms with Crippen molar-refractivity contribution < 1.29 is 18.7 Å². The number of hydrogen-bond acceptors (Lipinski definition) is 4. The fourth-order valence-electron chi connectivity index (χ4n) is 2.60. The lowest BCUT2D eigenvalue weighted by atomic mass is 10.2. The van der Waals surface area contributed by atoms with Gasteiger partial charge in [0.1, 0.15) is 6.61 Å². The van der Waals surface area contributed by atoms with Gasteiger partial charge in [-0.15, -0.1) is 0 Å². The van der Waals surface area contributed by atoms with E-state index in [1.807, 2.05) is 18.2 Å². The molecule has 0 saturated carbocycles. The molecule has 0 aliphatic heterocycles. The van der Waals surface area contributed by atoms with Gasteiger partial charge in [0.05, 0.1) is 6.61 Å². The third kappa shape index (κ3) is 8.25. The molecule has 0 unspecified atom stereocenters. The van der Waals surface area contributed by atoms with Gasteiger partial charge in [-0.2, -0.15) is 0 Å². The van der Waals surface area contributed by atoms with Gasteiger partial charge in [-0.3, -0.25) is 9.69 Å². The van der Waals surface area contributed by atoms with E-state index in [2.05, 4.69) is 10.2 Å². The summed E-state index contributed by atoms with van der Waals surface area (Å²) in [5.41, 5.74) is 0.954. The van der Waals surface area contributed by atoms with Crippen molar-refractivity contribution in [1.82, 2.24) is 10.2 Å². The molecule has 0 spiro atoms. The van der Waals surface area contributed by atoms with Crippen molar-refractivity contribution in [1.29, 1.82) is 0 Å². The van der Waals surface area contributed by atoms with Gasteiger partial charge in [-0.25, -0.2) is 4.39 Å². The molecule has 0 heterocycles. The molecule has 2 aromatic rings. The molecule has 0 fully saturated rings. The van der Waals surface area contributed by atoms with Crippen LogP contribution in [0.1, 0.15) is 12.0 Å². The minimum absolute atomic E-state index is 0.0441. The highest BCUT2D eigenvalue weighted by atomic mass is 35.5. The normalized spacial score (nSPS) is 10.9. The first-order chi connectivity index (χ1) is 13.6. The van der Waals surface area contributed by atoms with Crippen LogP contribution in [-0.4, -0.2) is 50.8 Å². The van der Waals surface area contributed by atoms with Gasteiger partial charge < -0.3 is 14.8 Å². The summed E-state index contributed by atoms with van der Waals surface area (Å²) in [5.74, 6) is -0.197. The number of ether oxygens (including phenoxy) is 2. The highest BCUT2D eigenvalue weighted by Gasteiger charge is 2.10. The van der Waals surface area contributed by atoms with Crippen LogP contribution in [0.2, 0.25) is 5.02 Å². The van der Waals surface area contributed by atoms with Crippen LogP contribution in [0.3, 0.4) is 0 Å². The lowest BCUT2D eigenvalue weighted by molar-refractivity contribution is -0.121. The van der Waals surface area contributed by atoms with Gasteiger partial charge in [0.25, 0.3) is 0 Å². The molecule has 7 heteroatoms. The summed E-state index contributed by atoms with van der Waals surface area (Å²) in [5, 5.41) is 3.54. The lowest BCUT2D eigenvalue weighted by Crippen LogP contribution is -2.35. The zero-order valence-corrected chi connectivity index (χ0v) is 16.8. The Morgan fingerprint density at radius 3 is 2.64 bits per heavy atom. The Balaban J connectivity index is 1.74. The number of nitrogens with one attached hydrogen (secondary N) is 1. The molecule has 0 aliphatic carbocycles. The van der Waals surface area contributed by atoms with Crippen LogP contribution < -0.4 is 10.1 Å². The Kier molecular flexibility index (Phi) is 9.76. The Hall–Kier alpha value is -2.15. The second-order valence-electron chi connectivity index (χ2n) is 6.27. The van der Waals surface area contributed by atoms with Crippen molar-refractivity contribution >= 4 is 17.5 Å². The molecule has 0 aliphatic rings. The van der Waals surface area contributed by atoms with E-state index in [-0.39, 0.29) is 17.5 Å². The number of benzene rings is 2. The quantitative estimate of drug-likeness (QED) is 0.584. The van der Waals surface area contributed by atoms with E-state index in [9.17, 15) is 9.18 Å². The van der Waals surface area contributed by atoms with Gasteiger partial charge in [-0.05, 0) is 29.8 Å². The van der Waals surface area contributed by atoms with E-state index in [1.165, 1.54) is 6.07 Å². The largest absolute Gasteiger partial charge is 0.489 e. The van der Waals surface area contributed by atoms with Gasteiger partial charge in [0.2, 0.25) is 5.91 Å². The highest BCUT2D eigenvalue weighted by Crippen LogP contribution is 2.15. The molecule has 1 N–H and O–H groups in total. The lowest BCUT2D eigenvalue weighted by Gasteiger charge is -2.22. The number of rotatable bonds is 12. The van der Waals surface area contributed by atoms with E-state index in [4.69, 9.17) is 21.1 Å². The summed E-state index contributed by atoms with van der Waals surface area (Å²) in [6, 6.07) is 13.7. The maximum Gasteiger partial charge on any atom is 0.221 e. The predicted octanol–water partition coefficient (Wildman–Crippen LogP) is 3.51. The molecule has 2 aromatic carbocycles. The topological polar surface area (TPSA) is 50.8 Å². The average molecular weight is 409 g/mol. The van der Waals surface area contributed by atoms with E-state index >= 15 is 0 Å². The summed E-state index contributed by atoms with van der Waals surface area (Å²) in [6.45, 7) is 3.11. The zero-order chi connectivity index (χ0) is 20.2. The van der Waals surface area contributed by atoms with E-state index < -0.39 is 0 Å². The van der Waals surface area contributed by atoms with Crippen LogP contribution in [0.15, 0.2) is 48.5 Å². The third-order valence-electron chi connectivity index (χ3n) is 4.15. The smallest absolute Gasteiger partial charge is 0.221 e. The van der Waals surface area contributed by atoms with Crippen molar-refractivity contribution in [2.45, 2.75) is 13.0 Å². The number of carbonyl (C=O) groups is 1. The van der Waals surface area contributed by atoms with Crippen LogP contribution in [0.5, 0.6) is 5.75 Å². The fraction of sp³-hybridized carbons (Fsp3) is 0.381. The summed E-state index contributed by atoms with van der Waals surface area (Å²) >= 11 is 5.95. The first kappa shape index (κ1) is 22.1. The van der Waals surface area contributed by atoms with Gasteiger partial charge >= 0.3 is 0 Å². The minimum Gasteiger partial charge on any atom is -0.489 e.